The van der Waals surface area contributed by atoms with E-state index in [-0.39, 0.29) is 36.9 Å². The Labute approximate surface area is 456 Å². The fourth-order valence-electron chi connectivity index (χ4n) is 9.86. The van der Waals surface area contributed by atoms with Crippen LogP contribution in [0.4, 0.5) is 0 Å². The molecule has 0 radical (unpaired) electrons. The summed E-state index contributed by atoms with van der Waals surface area (Å²) in [6, 6.07) is 59.9. The number of carbonyl (C=O) groups is 1. The number of nitrogens with one attached hydrogen (secondary N) is 1. The van der Waals surface area contributed by atoms with Crippen LogP contribution in [0, 0.1) is 0 Å². The molecule has 76 heavy (non-hydrogen) atoms. The summed E-state index contributed by atoms with van der Waals surface area (Å²) in [5, 5.41) is 3.09. The predicted molar refractivity (Wildman–Crippen MR) is 296 cm³/mol. The van der Waals surface area contributed by atoms with Gasteiger partial charge in [0.1, 0.15) is 47.2 Å². The number of rotatable bonds is 26. The molecule has 0 unspecified atom stereocenters. The second kappa shape index (κ2) is 29.2. The number of thioether (sulfide) groups is 2. The summed E-state index contributed by atoms with van der Waals surface area (Å²) < 4.78 is 69.9. The van der Waals surface area contributed by atoms with Gasteiger partial charge >= 0.3 is 0 Å². The number of benzene rings is 6. The zero-order chi connectivity index (χ0) is 52.2. The van der Waals surface area contributed by atoms with Gasteiger partial charge in [0.05, 0.1) is 59.0 Å². The largest absolute Gasteiger partial charge is 0.374 e. The van der Waals surface area contributed by atoms with Crippen molar-refractivity contribution >= 4 is 29.4 Å². The van der Waals surface area contributed by atoms with Gasteiger partial charge in [-0.1, -0.05) is 182 Å². The number of ether oxygens (including phenoxy) is 10. The van der Waals surface area contributed by atoms with Crippen molar-refractivity contribution < 1.29 is 52.2 Å². The number of hydrogen-bond acceptors (Lipinski definition) is 13. The molecule has 3 fully saturated rings. The molecule has 9 rings (SSSR count). The molecule has 0 saturated carbocycles. The van der Waals surface area contributed by atoms with Gasteiger partial charge in [0.2, 0.25) is 5.91 Å². The third kappa shape index (κ3) is 15.9. The van der Waals surface area contributed by atoms with Crippen LogP contribution >= 0.6 is 23.5 Å². The van der Waals surface area contributed by atoms with E-state index in [0.717, 1.165) is 51.3 Å². The fourth-order valence-corrected chi connectivity index (χ4v) is 13.0. The topological polar surface area (TPSA) is 121 Å². The highest BCUT2D eigenvalue weighted by Gasteiger charge is 2.58. The van der Waals surface area contributed by atoms with Gasteiger partial charge in [0.25, 0.3) is 0 Å². The van der Waals surface area contributed by atoms with E-state index in [1.807, 2.05) is 157 Å². The maximum absolute atomic E-state index is 13.0. The van der Waals surface area contributed by atoms with Crippen LogP contribution in [0.2, 0.25) is 0 Å². The molecule has 10 atom stereocenters. The molecule has 1 N–H and O–H groups in total. The summed E-state index contributed by atoms with van der Waals surface area (Å²) in [7, 11) is 1.57. The van der Waals surface area contributed by atoms with Crippen molar-refractivity contribution in [3.63, 3.8) is 0 Å². The standard InChI is InChI=1S/C62H71NO11S2/c1-45(64)63-55-59(71-42-51-32-19-8-20-33-51)57(70-41-50-30-17-7-18-31-50)54(73-60(55)65-2)44-72-62(61-75-34-21-35-76-61)36-52(67-38-47-24-11-4-12-25-47)56(69-40-49-28-15-6-16-29-49)58(74-62)53(68-39-48-26-13-5-14-27-48)43-66-37-46-22-9-3-10-23-46/h3-20,22-33,52-61H,21,34-44H2,1-2H3,(H,63,64)/t52-,53-,54-,55-,56-,57-,58-,59-,60+,62-/m1/s1. The minimum absolute atomic E-state index is 0.00261. The minimum atomic E-state index is -1.30. The lowest BCUT2D eigenvalue weighted by Crippen LogP contribution is -2.67. The van der Waals surface area contributed by atoms with Crippen LogP contribution in [0.5, 0.6) is 0 Å². The molecule has 3 aliphatic heterocycles. The number of amides is 1. The van der Waals surface area contributed by atoms with E-state index in [9.17, 15) is 4.79 Å². The molecule has 1 amide bonds. The minimum Gasteiger partial charge on any atom is -0.374 e. The Hall–Kier alpha value is -4.91. The maximum Gasteiger partial charge on any atom is 0.217 e. The molecule has 6 aromatic carbocycles. The zero-order valence-corrected chi connectivity index (χ0v) is 45.0. The van der Waals surface area contributed by atoms with Crippen molar-refractivity contribution in [2.75, 3.05) is 31.8 Å². The molecule has 12 nitrogen and oxygen atoms in total. The smallest absolute Gasteiger partial charge is 0.217 e. The van der Waals surface area contributed by atoms with Crippen LogP contribution in [0.3, 0.4) is 0 Å². The van der Waals surface area contributed by atoms with E-state index in [0.29, 0.717) is 32.8 Å². The maximum atomic E-state index is 13.0. The van der Waals surface area contributed by atoms with E-state index >= 15 is 0 Å². The molecule has 402 valence electrons. The van der Waals surface area contributed by atoms with Gasteiger partial charge in [-0.2, -0.15) is 0 Å². The van der Waals surface area contributed by atoms with Crippen LogP contribution < -0.4 is 5.32 Å². The molecule has 3 heterocycles. The summed E-state index contributed by atoms with van der Waals surface area (Å²) >= 11 is 3.65. The van der Waals surface area contributed by atoms with Crippen LogP contribution in [-0.4, -0.2) is 103 Å². The molecule has 3 saturated heterocycles. The first-order valence-corrected chi connectivity index (χ1v) is 28.4. The summed E-state index contributed by atoms with van der Waals surface area (Å²) in [5.74, 6) is 0.273. The molecular formula is C62H71NO11S2. The lowest BCUT2D eigenvalue weighted by atomic mass is 9.91. The summed E-state index contributed by atoms with van der Waals surface area (Å²) in [6.45, 7) is 3.47. The summed E-state index contributed by atoms with van der Waals surface area (Å²) in [4.78, 5) is 13.0. The van der Waals surface area contributed by atoms with E-state index in [2.05, 4.69) is 53.8 Å². The van der Waals surface area contributed by atoms with Crippen molar-refractivity contribution in [3.05, 3.63) is 215 Å². The quantitative estimate of drug-likeness (QED) is 0.0555. The number of methoxy groups -OCH3 is 1. The first kappa shape index (κ1) is 55.8. The molecule has 0 bridgehead atoms. The monoisotopic (exact) mass is 1070 g/mol. The van der Waals surface area contributed by atoms with Crippen molar-refractivity contribution in [3.8, 4) is 0 Å². The van der Waals surface area contributed by atoms with Crippen molar-refractivity contribution in [2.24, 2.45) is 0 Å². The Kier molecular flexibility index (Phi) is 21.4. The Morgan fingerprint density at radius 2 is 1.04 bits per heavy atom. The van der Waals surface area contributed by atoms with Crippen LogP contribution in [0.1, 0.15) is 53.1 Å². The average Bonchev–Trinajstić information content (AvgIpc) is 3.48. The van der Waals surface area contributed by atoms with E-state index < -0.39 is 60.8 Å². The Morgan fingerprint density at radius 1 is 0.592 bits per heavy atom. The van der Waals surface area contributed by atoms with E-state index in [1.165, 1.54) is 6.92 Å². The molecule has 0 aliphatic carbocycles. The van der Waals surface area contributed by atoms with Crippen LogP contribution in [0.15, 0.2) is 182 Å². The normalized spacial score (nSPS) is 25.4. The van der Waals surface area contributed by atoms with Gasteiger partial charge in [-0.3, -0.25) is 4.79 Å². The Balaban J connectivity index is 1.10. The van der Waals surface area contributed by atoms with Gasteiger partial charge < -0.3 is 52.7 Å². The van der Waals surface area contributed by atoms with Gasteiger partial charge in [-0.05, 0) is 51.3 Å². The highest BCUT2D eigenvalue weighted by atomic mass is 32.2. The predicted octanol–water partition coefficient (Wildman–Crippen LogP) is 10.7. The van der Waals surface area contributed by atoms with Crippen molar-refractivity contribution in [1.82, 2.24) is 5.32 Å². The highest BCUT2D eigenvalue weighted by molar-refractivity contribution is 8.17. The second-order valence-corrected chi connectivity index (χ2v) is 22.0. The second-order valence-electron chi connectivity index (χ2n) is 19.3. The number of hydrogen-bond donors (Lipinski definition) is 1. The van der Waals surface area contributed by atoms with Crippen molar-refractivity contribution in [1.29, 1.82) is 0 Å². The van der Waals surface area contributed by atoms with Gasteiger partial charge in [-0.15, -0.1) is 23.5 Å². The lowest BCUT2D eigenvalue weighted by Gasteiger charge is -2.53. The van der Waals surface area contributed by atoms with Gasteiger partial charge in [0, 0.05) is 20.5 Å². The zero-order valence-electron chi connectivity index (χ0n) is 43.4. The van der Waals surface area contributed by atoms with Crippen LogP contribution in [-0.2, 0) is 91.8 Å². The molecule has 0 spiro atoms. The lowest BCUT2D eigenvalue weighted by molar-refractivity contribution is -0.355. The highest BCUT2D eigenvalue weighted by Crippen LogP contribution is 2.49. The first-order chi connectivity index (χ1) is 37.4. The Morgan fingerprint density at radius 3 is 1.53 bits per heavy atom. The number of carbonyl (C=O) groups excluding carboxylic acids is 1. The molecule has 14 heteroatoms. The Bertz CT molecular complexity index is 2570. The molecular weight excluding hydrogens is 999 g/mol. The molecule has 0 aromatic heterocycles. The third-order valence-electron chi connectivity index (χ3n) is 13.7. The third-order valence-corrected chi connectivity index (χ3v) is 16.9. The molecule has 6 aromatic rings. The van der Waals surface area contributed by atoms with Gasteiger partial charge in [-0.25, -0.2) is 0 Å². The average molecular weight is 1070 g/mol. The SMILES string of the molecule is CO[C@H]1O[C@H](CO[C@]2(C3SCCCS3)C[C@@H](OCc3ccccc3)[C@@H](OCc3ccccc3)[C@@H]([C@@H](COCc3ccccc3)OCc3ccccc3)O2)[C@@H](OCc2ccccc2)[C@H](OCc2ccccc2)[C@H]1NC(C)=O. The first-order valence-electron chi connectivity index (χ1n) is 26.3. The molecule has 3 aliphatic rings. The van der Waals surface area contributed by atoms with E-state index in [1.54, 1.807) is 7.11 Å². The summed E-state index contributed by atoms with van der Waals surface area (Å²) in [6.07, 6.45) is -4.44. The fraction of sp³-hybridized carbons (Fsp3) is 0.403. The van der Waals surface area contributed by atoms with E-state index in [4.69, 9.17) is 47.4 Å². The van der Waals surface area contributed by atoms with Crippen LogP contribution in [0.25, 0.3) is 0 Å². The summed E-state index contributed by atoms with van der Waals surface area (Å²) in [5.41, 5.74) is 6.03. The van der Waals surface area contributed by atoms with Gasteiger partial charge in [0.15, 0.2) is 12.1 Å². The van der Waals surface area contributed by atoms with Crippen molar-refractivity contribution in [2.45, 2.75) is 125 Å².